The van der Waals surface area contributed by atoms with Crippen molar-refractivity contribution in [1.29, 1.82) is 0 Å². The van der Waals surface area contributed by atoms with Crippen LogP contribution in [0.5, 0.6) is 17.2 Å². The average molecular weight is 469 g/mol. The fraction of sp³-hybridized carbons (Fsp3) is 0.320. The first kappa shape index (κ1) is 24.3. The lowest BCUT2D eigenvalue weighted by molar-refractivity contribution is -0.132. The number of hydrogen-bond donors (Lipinski definition) is 0. The van der Waals surface area contributed by atoms with Crippen LogP contribution >= 0.6 is 0 Å². The zero-order valence-corrected chi connectivity index (χ0v) is 20.9. The topological polar surface area (TPSA) is 92.0 Å². The molecule has 0 saturated heterocycles. The normalized spacial score (nSPS) is 11.8. The molecule has 3 aromatic rings. The van der Waals surface area contributed by atoms with Crippen molar-refractivity contribution in [2.45, 2.75) is 52.8 Å². The molecule has 0 aliphatic heterocycles. The van der Waals surface area contributed by atoms with Gasteiger partial charge in [-0.15, -0.1) is 0 Å². The summed E-state index contributed by atoms with van der Waals surface area (Å²) in [6.45, 7) is 13.3. The molecule has 1 aromatic heterocycles. The summed E-state index contributed by atoms with van der Waals surface area (Å²) < 4.78 is 22.3. The van der Waals surface area contributed by atoms with E-state index in [-0.39, 0.29) is 32.9 Å². The third-order valence-electron chi connectivity index (χ3n) is 5.67. The Balaban J connectivity index is 2.05. The van der Waals surface area contributed by atoms with Crippen LogP contribution in [-0.4, -0.2) is 20.3 Å². The van der Waals surface area contributed by atoms with E-state index in [0.29, 0.717) is 11.1 Å². The first-order valence-corrected chi connectivity index (χ1v) is 13.4. The number of carbonyl (C=O) groups excluding carboxylic acids is 2. The van der Waals surface area contributed by atoms with E-state index < -0.39 is 20.3 Å². The van der Waals surface area contributed by atoms with Crippen molar-refractivity contribution in [3.8, 4) is 28.4 Å². The summed E-state index contributed by atoms with van der Waals surface area (Å²) in [5.41, 5.74) is 0.692. The Labute approximate surface area is 193 Å². The number of hydrogen-bond acceptors (Lipinski definition) is 7. The average Bonchev–Trinajstić information content (AvgIpc) is 2.66. The molecule has 0 N–H and O–H groups in total. The summed E-state index contributed by atoms with van der Waals surface area (Å²) in [5, 5.41) is 0.142. The van der Waals surface area contributed by atoms with Crippen molar-refractivity contribution >= 4 is 31.2 Å². The molecule has 0 radical (unpaired) electrons. The highest BCUT2D eigenvalue weighted by molar-refractivity contribution is 6.74. The number of rotatable bonds is 5. The second-order valence-corrected chi connectivity index (χ2v) is 14.1. The molecule has 0 amide bonds. The summed E-state index contributed by atoms with van der Waals surface area (Å²) in [6, 6.07) is 9.97. The third kappa shape index (κ3) is 5.34. The van der Waals surface area contributed by atoms with Gasteiger partial charge in [0.1, 0.15) is 34.5 Å². The predicted octanol–water partition coefficient (Wildman–Crippen LogP) is 5.69. The smallest absolute Gasteiger partial charge is 0.308 e. The molecule has 33 heavy (non-hydrogen) atoms. The van der Waals surface area contributed by atoms with Crippen LogP contribution in [0.1, 0.15) is 34.6 Å². The van der Waals surface area contributed by atoms with Crippen LogP contribution in [0.4, 0.5) is 0 Å². The highest BCUT2D eigenvalue weighted by Crippen LogP contribution is 2.38. The molecule has 0 fully saturated rings. The maximum atomic E-state index is 13.3. The highest BCUT2D eigenvalue weighted by Gasteiger charge is 2.38. The number of fused-ring (bicyclic) bond motifs is 1. The van der Waals surface area contributed by atoms with Gasteiger partial charge in [0.2, 0.25) is 13.7 Å². The minimum absolute atomic E-state index is 0.0373. The maximum absolute atomic E-state index is 13.3. The number of benzene rings is 2. The van der Waals surface area contributed by atoms with Gasteiger partial charge >= 0.3 is 11.9 Å². The van der Waals surface area contributed by atoms with Crippen molar-refractivity contribution in [3.63, 3.8) is 0 Å². The van der Waals surface area contributed by atoms with E-state index in [4.69, 9.17) is 18.3 Å². The molecule has 0 aliphatic rings. The second-order valence-electron chi connectivity index (χ2n) is 9.35. The van der Waals surface area contributed by atoms with Crippen LogP contribution in [-0.2, 0) is 9.59 Å². The van der Waals surface area contributed by atoms with Crippen LogP contribution in [0.25, 0.3) is 22.1 Å². The Morgan fingerprint density at radius 3 is 2.06 bits per heavy atom. The van der Waals surface area contributed by atoms with Crippen LogP contribution in [0.3, 0.4) is 0 Å². The summed E-state index contributed by atoms with van der Waals surface area (Å²) in [7, 11) is -1.99. The van der Waals surface area contributed by atoms with Crippen LogP contribution in [0, 0.1) is 0 Å². The Bertz CT molecular complexity index is 1260. The maximum Gasteiger partial charge on any atom is 0.308 e. The van der Waals surface area contributed by atoms with Gasteiger partial charge in [-0.25, -0.2) is 0 Å². The number of esters is 2. The summed E-state index contributed by atoms with van der Waals surface area (Å²) >= 11 is 0. The van der Waals surface area contributed by atoms with E-state index in [1.54, 1.807) is 12.1 Å². The largest absolute Gasteiger partial charge is 0.544 e. The lowest BCUT2D eigenvalue weighted by Crippen LogP contribution is -2.43. The first-order valence-electron chi connectivity index (χ1n) is 10.5. The molecule has 174 valence electrons. The fourth-order valence-corrected chi connectivity index (χ4v) is 4.03. The lowest BCUT2D eigenvalue weighted by atomic mass is 10.0. The van der Waals surface area contributed by atoms with Crippen LogP contribution in [0.15, 0.2) is 51.9 Å². The van der Waals surface area contributed by atoms with Crippen molar-refractivity contribution < 1.29 is 27.9 Å². The number of ether oxygens (including phenoxy) is 2. The Kier molecular flexibility index (Phi) is 6.51. The van der Waals surface area contributed by atoms with Gasteiger partial charge in [-0.3, -0.25) is 14.4 Å². The quantitative estimate of drug-likeness (QED) is 0.270. The molecule has 7 nitrogen and oxygen atoms in total. The van der Waals surface area contributed by atoms with E-state index in [9.17, 15) is 14.4 Å². The molecule has 1 heterocycles. The zero-order chi connectivity index (χ0) is 24.6. The van der Waals surface area contributed by atoms with Gasteiger partial charge in [-0.05, 0) is 35.8 Å². The second kappa shape index (κ2) is 8.86. The standard InChI is InChI=1S/C25H28O7Si/c1-15(26)30-19-12-21-23(22(13-19)31-16(2)27)24(28)20(14-29-21)17-8-10-18(11-9-17)32-33(6,7)25(3,4)5/h8-14H,1-7H3. The van der Waals surface area contributed by atoms with Gasteiger partial charge in [0.05, 0.1) is 5.56 Å². The van der Waals surface area contributed by atoms with Crippen molar-refractivity contribution in [1.82, 2.24) is 0 Å². The van der Waals surface area contributed by atoms with Gasteiger partial charge in [0, 0.05) is 26.0 Å². The summed E-state index contributed by atoms with van der Waals surface area (Å²) in [4.78, 5) is 36.3. The Morgan fingerprint density at radius 1 is 0.909 bits per heavy atom. The van der Waals surface area contributed by atoms with Crippen molar-refractivity contribution in [2.24, 2.45) is 0 Å². The van der Waals surface area contributed by atoms with Gasteiger partial charge < -0.3 is 18.3 Å². The monoisotopic (exact) mass is 468 g/mol. The summed E-state index contributed by atoms with van der Waals surface area (Å²) in [5.74, 6) is -0.364. The highest BCUT2D eigenvalue weighted by atomic mass is 28.4. The Hall–Kier alpha value is -3.39. The van der Waals surface area contributed by atoms with E-state index in [2.05, 4.69) is 33.9 Å². The third-order valence-corrected chi connectivity index (χ3v) is 10.0. The van der Waals surface area contributed by atoms with Gasteiger partial charge in [0.15, 0.2) is 0 Å². The van der Waals surface area contributed by atoms with Crippen molar-refractivity contribution in [3.05, 3.63) is 52.9 Å². The lowest BCUT2D eigenvalue weighted by Gasteiger charge is -2.36. The van der Waals surface area contributed by atoms with Crippen molar-refractivity contribution in [2.75, 3.05) is 0 Å². The van der Waals surface area contributed by atoms with E-state index >= 15 is 0 Å². The fourth-order valence-electron chi connectivity index (χ4n) is 3.00. The molecule has 8 heteroatoms. The zero-order valence-electron chi connectivity index (χ0n) is 19.9. The molecule has 0 unspecified atom stereocenters. The molecular formula is C25H28O7Si. The molecule has 0 bridgehead atoms. The van der Waals surface area contributed by atoms with E-state index in [0.717, 1.165) is 5.75 Å². The molecule has 2 aromatic carbocycles. The number of carbonyl (C=O) groups is 2. The molecular weight excluding hydrogens is 440 g/mol. The predicted molar refractivity (Wildman–Crippen MR) is 128 cm³/mol. The molecule has 0 spiro atoms. The van der Waals surface area contributed by atoms with Crippen LogP contribution in [0.2, 0.25) is 18.1 Å². The summed E-state index contributed by atoms with van der Waals surface area (Å²) in [6.07, 6.45) is 1.34. The Morgan fingerprint density at radius 2 is 1.52 bits per heavy atom. The first-order chi connectivity index (χ1) is 15.3. The van der Waals surface area contributed by atoms with Crippen LogP contribution < -0.4 is 19.3 Å². The molecule has 0 saturated carbocycles. The van der Waals surface area contributed by atoms with Gasteiger partial charge in [-0.2, -0.15) is 0 Å². The van der Waals surface area contributed by atoms with Gasteiger partial charge in [0.25, 0.3) is 0 Å². The van der Waals surface area contributed by atoms with E-state index in [1.165, 1.54) is 32.2 Å². The molecule has 0 atom stereocenters. The minimum atomic E-state index is -1.99. The minimum Gasteiger partial charge on any atom is -0.544 e. The molecule has 3 rings (SSSR count). The van der Waals surface area contributed by atoms with Gasteiger partial charge in [-0.1, -0.05) is 32.9 Å². The molecule has 0 aliphatic carbocycles. The SMILES string of the molecule is CC(=O)Oc1cc(OC(C)=O)c2c(=O)c(-c3ccc(O[Si](C)(C)C(C)(C)C)cc3)coc2c1. The van der Waals surface area contributed by atoms with E-state index in [1.807, 2.05) is 12.1 Å².